The number of ketones is 1. The summed E-state index contributed by atoms with van der Waals surface area (Å²) in [5.41, 5.74) is 7.43. The Bertz CT molecular complexity index is 1600. The predicted octanol–water partition coefficient (Wildman–Crippen LogP) is 0.993. The van der Waals surface area contributed by atoms with Crippen molar-refractivity contribution in [1.82, 2.24) is 15.3 Å². The SMILES string of the molecule is CCN(Cc1ccc2nc(OC)[nH]c(=O)c2c1)c1ccc(C(=O)N[C@H](CC(C(=O)O)C(=O)[C@H](N)CCC(=O)O)C(=O)O)cc1. The highest BCUT2D eigenvalue weighted by Gasteiger charge is 2.36. The molecule has 1 heterocycles. The van der Waals surface area contributed by atoms with Crippen molar-refractivity contribution < 1.29 is 44.0 Å². The van der Waals surface area contributed by atoms with E-state index in [-0.39, 0.29) is 23.6 Å². The van der Waals surface area contributed by atoms with Crippen molar-refractivity contribution in [3.05, 3.63) is 63.9 Å². The summed E-state index contributed by atoms with van der Waals surface area (Å²) >= 11 is 0. The average Bonchev–Trinajstić information content (AvgIpc) is 2.99. The summed E-state index contributed by atoms with van der Waals surface area (Å²) in [6, 6.07) is 8.46. The second-order valence-corrected chi connectivity index (χ2v) is 9.92. The fourth-order valence-corrected chi connectivity index (χ4v) is 4.51. The van der Waals surface area contributed by atoms with Crippen LogP contribution in [0.4, 0.5) is 5.69 Å². The topological polar surface area (TPSA) is 242 Å². The van der Waals surface area contributed by atoms with Crippen LogP contribution in [0.25, 0.3) is 10.9 Å². The van der Waals surface area contributed by atoms with E-state index in [0.717, 1.165) is 11.3 Å². The largest absolute Gasteiger partial charge is 0.481 e. The number of aromatic nitrogens is 2. The monoisotopic (exact) mass is 611 g/mol. The molecule has 0 aliphatic rings. The van der Waals surface area contributed by atoms with Gasteiger partial charge in [0.15, 0.2) is 5.78 Å². The van der Waals surface area contributed by atoms with Crippen LogP contribution >= 0.6 is 0 Å². The van der Waals surface area contributed by atoms with Crippen molar-refractivity contribution >= 4 is 46.2 Å². The first-order valence-electron chi connectivity index (χ1n) is 13.5. The number of methoxy groups -OCH3 is 1. The van der Waals surface area contributed by atoms with Crippen molar-refractivity contribution in [3.8, 4) is 6.01 Å². The summed E-state index contributed by atoms with van der Waals surface area (Å²) in [5, 5.41) is 30.6. The fraction of sp³-hybridized carbons (Fsp3) is 0.345. The second kappa shape index (κ2) is 14.7. The number of hydrogen-bond acceptors (Lipinski definition) is 10. The van der Waals surface area contributed by atoms with Crippen LogP contribution in [-0.4, -0.2) is 80.6 Å². The van der Waals surface area contributed by atoms with Gasteiger partial charge < -0.3 is 36.0 Å². The van der Waals surface area contributed by atoms with Gasteiger partial charge in [-0.05, 0) is 61.7 Å². The first-order valence-corrected chi connectivity index (χ1v) is 13.5. The van der Waals surface area contributed by atoms with Crippen molar-refractivity contribution in [2.45, 2.75) is 44.8 Å². The lowest BCUT2D eigenvalue weighted by atomic mass is 9.90. The van der Waals surface area contributed by atoms with Gasteiger partial charge >= 0.3 is 17.9 Å². The summed E-state index contributed by atoms with van der Waals surface area (Å²) in [4.78, 5) is 81.0. The molecule has 7 N–H and O–H groups in total. The summed E-state index contributed by atoms with van der Waals surface area (Å²) in [6.07, 6.45) is -1.58. The molecule has 15 heteroatoms. The van der Waals surface area contributed by atoms with Gasteiger partial charge in [0.05, 0.1) is 24.1 Å². The van der Waals surface area contributed by atoms with Crippen LogP contribution in [0.3, 0.4) is 0 Å². The Kier molecular flexibility index (Phi) is 11.1. The van der Waals surface area contributed by atoms with Gasteiger partial charge in [0, 0.05) is 30.8 Å². The molecule has 0 aliphatic carbocycles. The number of aromatic amines is 1. The van der Waals surface area contributed by atoms with Crippen molar-refractivity contribution in [1.29, 1.82) is 0 Å². The Morgan fingerprint density at radius 3 is 2.30 bits per heavy atom. The smallest absolute Gasteiger partial charge is 0.326 e. The Morgan fingerprint density at radius 1 is 1.05 bits per heavy atom. The number of fused-ring (bicyclic) bond motifs is 1. The average molecular weight is 612 g/mol. The minimum Gasteiger partial charge on any atom is -0.481 e. The molecular weight excluding hydrogens is 578 g/mol. The van der Waals surface area contributed by atoms with Crippen molar-refractivity contribution in [2.75, 3.05) is 18.6 Å². The first-order chi connectivity index (χ1) is 20.8. The maximum absolute atomic E-state index is 12.9. The number of carbonyl (C=O) groups excluding carboxylic acids is 2. The number of amides is 1. The van der Waals surface area contributed by atoms with Gasteiger partial charge in [0.2, 0.25) is 0 Å². The molecule has 0 spiro atoms. The van der Waals surface area contributed by atoms with E-state index in [1.54, 1.807) is 24.3 Å². The molecule has 3 aromatic rings. The van der Waals surface area contributed by atoms with Crippen LogP contribution in [-0.2, 0) is 25.7 Å². The maximum atomic E-state index is 12.9. The number of ether oxygens (including phenoxy) is 1. The zero-order valence-electron chi connectivity index (χ0n) is 24.0. The van der Waals surface area contributed by atoms with Crippen molar-refractivity contribution in [3.63, 3.8) is 0 Å². The number of Topliss-reactive ketones (excluding diaryl/α,β-unsaturated/α-hetero) is 1. The molecular formula is C29H33N5O10. The number of benzene rings is 2. The van der Waals surface area contributed by atoms with E-state index in [1.807, 2.05) is 17.9 Å². The molecule has 1 aromatic heterocycles. The van der Waals surface area contributed by atoms with Gasteiger partial charge in [0.1, 0.15) is 12.0 Å². The molecule has 2 aromatic carbocycles. The standard InChI is InChI=1S/C29H33N5O10/c1-3-34(14-15-4-10-21-18(12-15)26(39)33-29(32-21)44-2)17-7-5-16(6-8-17)25(38)31-22(28(42)43)13-19(27(40)41)24(37)20(30)9-11-23(35)36/h4-8,10,12,19-20,22H,3,9,11,13-14,30H2,1-2H3,(H,31,38)(H,35,36)(H,40,41)(H,42,43)(H,32,33,39)/t19?,20-,22-/m1/s1. The number of carboxylic acids is 3. The molecule has 3 atom stereocenters. The molecule has 0 fully saturated rings. The van der Waals surface area contributed by atoms with E-state index in [1.165, 1.54) is 19.2 Å². The number of H-pyrrole nitrogens is 1. The van der Waals surface area contributed by atoms with Gasteiger partial charge in [-0.25, -0.2) is 4.79 Å². The number of carboxylic acid groups (broad SMARTS) is 3. The van der Waals surface area contributed by atoms with Crippen LogP contribution in [0.15, 0.2) is 47.3 Å². The second-order valence-electron chi connectivity index (χ2n) is 9.92. The van der Waals surface area contributed by atoms with Gasteiger partial charge in [-0.1, -0.05) is 6.07 Å². The zero-order chi connectivity index (χ0) is 32.6. The summed E-state index contributed by atoms with van der Waals surface area (Å²) in [6.45, 7) is 2.91. The Hall–Kier alpha value is -5.31. The Labute approximate surface area is 250 Å². The van der Waals surface area contributed by atoms with Crippen molar-refractivity contribution in [2.24, 2.45) is 11.7 Å². The first kappa shape index (κ1) is 33.2. The lowest BCUT2D eigenvalue weighted by Gasteiger charge is -2.24. The number of nitrogens with one attached hydrogen (secondary N) is 2. The molecule has 1 amide bonds. The van der Waals surface area contributed by atoms with Crippen LogP contribution in [0.5, 0.6) is 6.01 Å². The molecule has 234 valence electrons. The van der Waals surface area contributed by atoms with Gasteiger partial charge in [-0.15, -0.1) is 0 Å². The molecule has 0 saturated carbocycles. The van der Waals surface area contributed by atoms with E-state index in [2.05, 4.69) is 15.3 Å². The zero-order valence-corrected chi connectivity index (χ0v) is 24.0. The summed E-state index contributed by atoms with van der Waals surface area (Å²) in [5.74, 6) is -8.14. The normalized spacial score (nSPS) is 13.0. The van der Waals surface area contributed by atoms with E-state index >= 15 is 0 Å². The fourth-order valence-electron chi connectivity index (χ4n) is 4.51. The number of rotatable bonds is 16. The third-order valence-corrected chi connectivity index (χ3v) is 6.94. The molecule has 3 rings (SSSR count). The van der Waals surface area contributed by atoms with Crippen LogP contribution in [0.1, 0.15) is 42.1 Å². The molecule has 0 saturated heterocycles. The molecule has 0 radical (unpaired) electrons. The molecule has 0 bridgehead atoms. The number of nitrogens with two attached hydrogens (primary N) is 1. The van der Waals surface area contributed by atoms with Gasteiger partial charge in [0.25, 0.3) is 17.5 Å². The third kappa shape index (κ3) is 8.38. The summed E-state index contributed by atoms with van der Waals surface area (Å²) < 4.78 is 5.00. The van der Waals surface area contributed by atoms with Crippen LogP contribution in [0, 0.1) is 5.92 Å². The molecule has 0 aliphatic heterocycles. The Morgan fingerprint density at radius 2 is 1.73 bits per heavy atom. The number of aliphatic carboxylic acids is 3. The molecule has 15 nitrogen and oxygen atoms in total. The van der Waals surface area contributed by atoms with E-state index in [9.17, 15) is 39.0 Å². The van der Waals surface area contributed by atoms with E-state index in [4.69, 9.17) is 15.6 Å². The number of anilines is 1. The highest BCUT2D eigenvalue weighted by atomic mass is 16.5. The lowest BCUT2D eigenvalue weighted by Crippen LogP contribution is -2.47. The van der Waals surface area contributed by atoms with E-state index < -0.39 is 60.4 Å². The highest BCUT2D eigenvalue weighted by Crippen LogP contribution is 2.21. The Balaban J connectivity index is 1.71. The maximum Gasteiger partial charge on any atom is 0.326 e. The molecule has 1 unspecified atom stereocenters. The summed E-state index contributed by atoms with van der Waals surface area (Å²) in [7, 11) is 1.40. The third-order valence-electron chi connectivity index (χ3n) is 6.94. The molecule has 44 heavy (non-hydrogen) atoms. The lowest BCUT2D eigenvalue weighted by molar-refractivity contribution is -0.148. The highest BCUT2D eigenvalue weighted by molar-refractivity contribution is 6.02. The van der Waals surface area contributed by atoms with Gasteiger partial charge in [-0.3, -0.25) is 29.0 Å². The quantitative estimate of drug-likeness (QED) is 0.124. The van der Waals surface area contributed by atoms with E-state index in [0.29, 0.717) is 24.0 Å². The van der Waals surface area contributed by atoms with Crippen LogP contribution < -0.4 is 26.2 Å². The van der Waals surface area contributed by atoms with Gasteiger partial charge in [-0.2, -0.15) is 4.98 Å². The van der Waals surface area contributed by atoms with Crippen LogP contribution in [0.2, 0.25) is 0 Å². The number of carbonyl (C=O) groups is 5. The minimum absolute atomic E-state index is 0.0877. The number of nitrogens with zero attached hydrogens (tertiary/aromatic N) is 2. The minimum atomic E-state index is -1.87. The predicted molar refractivity (Wildman–Crippen MR) is 157 cm³/mol. The number of hydrogen-bond donors (Lipinski definition) is 6.